The fourth-order valence-corrected chi connectivity index (χ4v) is 21.8. The molecule has 0 radical (unpaired) electrons. The number of pyridine rings is 2. The summed E-state index contributed by atoms with van der Waals surface area (Å²) < 4.78 is 4.70. The van der Waals surface area contributed by atoms with E-state index in [2.05, 4.69) is 303 Å². The van der Waals surface area contributed by atoms with Crippen molar-refractivity contribution < 1.29 is 0 Å². The van der Waals surface area contributed by atoms with Gasteiger partial charge in [0.2, 0.25) is 0 Å². The predicted molar refractivity (Wildman–Crippen MR) is 341 cm³/mol. The molecule has 0 aliphatic heterocycles. The van der Waals surface area contributed by atoms with Gasteiger partial charge >= 0.3 is 235 Å². The van der Waals surface area contributed by atoms with Gasteiger partial charge in [0.05, 0.1) is 16.6 Å². The molecule has 12 aromatic carbocycles. The second-order valence-corrected chi connectivity index (χ2v) is 30.4. The monoisotopic (exact) mass is 1120 g/mol. The molecule has 0 spiro atoms. The zero-order valence-electron chi connectivity index (χ0n) is 42.1. The maximum absolute atomic E-state index is 7.00. The van der Waals surface area contributed by atoms with E-state index < -0.39 is 11.5 Å². The molecule has 0 saturated carbocycles. The molecule has 368 valence electrons. The molecule has 8 heteroatoms. The number of para-hydroxylation sites is 5. The van der Waals surface area contributed by atoms with Crippen molar-refractivity contribution in [3.05, 3.63) is 279 Å². The van der Waals surface area contributed by atoms with Crippen molar-refractivity contribution in [2.24, 2.45) is 0 Å². The predicted octanol–water partition coefficient (Wildman–Crippen LogP) is 15.0. The second kappa shape index (κ2) is 18.7. The SMILES string of the molecule is S=P(c1ccccc1)(c1ccccc1)c1c2ccccc2cc2c3ccccc3n3c4ccccc4nc3c12.[Se]=P(c1ccccc1)(c1ccccc1)c1cccc2c1nc1c3cc4ccccc4cc3c3ccccc3n21. The summed E-state index contributed by atoms with van der Waals surface area (Å²) in [5.41, 5.74) is 6.51. The number of nitrogens with zero attached hydrogens (tertiary/aromatic N) is 4. The Balaban J connectivity index is 0.000000136. The summed E-state index contributed by atoms with van der Waals surface area (Å²) in [4.78, 5) is 10.8. The molecule has 0 atom stereocenters. The van der Waals surface area contributed by atoms with Gasteiger partial charge in [-0.3, -0.25) is 4.40 Å². The van der Waals surface area contributed by atoms with Crippen LogP contribution in [0.4, 0.5) is 0 Å². The van der Waals surface area contributed by atoms with Gasteiger partial charge in [0.25, 0.3) is 0 Å². The van der Waals surface area contributed by atoms with Gasteiger partial charge in [-0.1, -0.05) is 127 Å². The zero-order chi connectivity index (χ0) is 52.0. The van der Waals surface area contributed by atoms with Gasteiger partial charge in [0.1, 0.15) is 5.65 Å². The van der Waals surface area contributed by atoms with Gasteiger partial charge in [-0.25, -0.2) is 4.98 Å². The van der Waals surface area contributed by atoms with E-state index in [4.69, 9.17) is 21.8 Å². The normalized spacial score (nSPS) is 12.2. The van der Waals surface area contributed by atoms with Crippen LogP contribution in [0, 0.1) is 0 Å². The van der Waals surface area contributed by atoms with E-state index in [1.807, 2.05) is 0 Å². The van der Waals surface area contributed by atoms with Gasteiger partial charge in [-0.2, -0.15) is 0 Å². The van der Waals surface area contributed by atoms with Crippen molar-refractivity contribution in [3.63, 3.8) is 0 Å². The van der Waals surface area contributed by atoms with Gasteiger partial charge in [0.15, 0.2) is 0 Å². The minimum atomic E-state index is -2.51. The summed E-state index contributed by atoms with van der Waals surface area (Å²) in [5.74, 6) is 0. The quantitative estimate of drug-likeness (QED) is 0.0720. The van der Waals surface area contributed by atoms with Gasteiger partial charge in [-0.15, -0.1) is 0 Å². The molecule has 78 heavy (non-hydrogen) atoms. The molecule has 0 N–H and O–H groups in total. The van der Waals surface area contributed by atoms with Crippen molar-refractivity contribution in [1.82, 2.24) is 18.8 Å². The molecule has 16 rings (SSSR count). The fourth-order valence-electron chi connectivity index (χ4n) is 12.1. The van der Waals surface area contributed by atoms with E-state index in [1.54, 1.807) is 0 Å². The van der Waals surface area contributed by atoms with Crippen molar-refractivity contribution >= 4 is 169 Å². The Morgan fingerprint density at radius 2 is 0.769 bits per heavy atom. The van der Waals surface area contributed by atoms with Crippen LogP contribution in [0.2, 0.25) is 0 Å². The Kier molecular flexibility index (Phi) is 11.3. The van der Waals surface area contributed by atoms with Gasteiger partial charge in [-0.05, 0) is 51.0 Å². The molecular formula is C70H46N4P2SSe. The van der Waals surface area contributed by atoms with E-state index in [9.17, 15) is 0 Å². The van der Waals surface area contributed by atoms with E-state index in [0.29, 0.717) is 0 Å². The van der Waals surface area contributed by atoms with Crippen molar-refractivity contribution in [1.29, 1.82) is 0 Å². The number of rotatable bonds is 6. The molecule has 4 heterocycles. The van der Waals surface area contributed by atoms with Crippen LogP contribution in [0.5, 0.6) is 0 Å². The van der Waals surface area contributed by atoms with Crippen LogP contribution < -0.4 is 31.8 Å². The number of imidazole rings is 2. The Bertz CT molecular complexity index is 5060. The summed E-state index contributed by atoms with van der Waals surface area (Å²) in [5, 5.41) is 19.6. The fraction of sp³-hybridized carbons (Fsp3) is 0. The Labute approximate surface area is 463 Å². The summed E-state index contributed by atoms with van der Waals surface area (Å²) in [7, 11) is 0. The summed E-state index contributed by atoms with van der Waals surface area (Å²) in [6.07, 6.45) is 0. The van der Waals surface area contributed by atoms with Crippen LogP contribution >= 0.6 is 11.5 Å². The first kappa shape index (κ1) is 47.0. The number of hydrogen-bond donors (Lipinski definition) is 0. The summed E-state index contributed by atoms with van der Waals surface area (Å²) in [6, 6.07) is 97.5. The molecule has 4 nitrogen and oxygen atoms in total. The van der Waals surface area contributed by atoms with Gasteiger partial charge < -0.3 is 0 Å². The first-order valence-electron chi connectivity index (χ1n) is 26.2. The first-order chi connectivity index (χ1) is 38.5. The third-order valence-corrected chi connectivity index (χ3v) is 27.5. The number of fused-ring (bicyclic) bond motifs is 18. The van der Waals surface area contributed by atoms with E-state index in [-0.39, 0.29) is 0 Å². The molecule has 0 saturated heterocycles. The first-order valence-corrected chi connectivity index (χ1v) is 33.0. The molecule has 0 fully saturated rings. The minimum absolute atomic E-state index is 0.965. The number of benzene rings is 12. The van der Waals surface area contributed by atoms with Crippen LogP contribution in [0.1, 0.15) is 0 Å². The molecule has 0 aliphatic rings. The number of aromatic nitrogens is 4. The topological polar surface area (TPSA) is 34.6 Å². The molecule has 0 unspecified atom stereocenters. The van der Waals surface area contributed by atoms with Crippen molar-refractivity contribution in [3.8, 4) is 0 Å². The molecule has 4 aromatic heterocycles. The van der Waals surface area contributed by atoms with Crippen molar-refractivity contribution in [2.75, 3.05) is 0 Å². The molecule has 0 amide bonds. The van der Waals surface area contributed by atoms with Crippen LogP contribution in [-0.4, -0.2) is 33.9 Å². The Morgan fingerprint density at radius 3 is 1.37 bits per heavy atom. The van der Waals surface area contributed by atoms with Crippen LogP contribution in [0.15, 0.2) is 279 Å². The van der Waals surface area contributed by atoms with Crippen LogP contribution in [-0.2, 0) is 11.8 Å². The average molecular weight is 1120 g/mol. The molecular weight excluding hydrogens is 1070 g/mol. The zero-order valence-corrected chi connectivity index (χ0v) is 46.4. The maximum atomic E-state index is 7.00. The van der Waals surface area contributed by atoms with Crippen LogP contribution in [0.3, 0.4) is 0 Å². The van der Waals surface area contributed by atoms with E-state index >= 15 is 0 Å². The average Bonchev–Trinajstić information content (AvgIpc) is 4.13. The van der Waals surface area contributed by atoms with Crippen LogP contribution in [0.25, 0.3) is 98.3 Å². The molecule has 0 bridgehead atoms. The van der Waals surface area contributed by atoms with E-state index in [0.717, 1.165) is 44.3 Å². The standard InChI is InChI=1S/C35H23N2PS.C35H23N2PSe/c39-38(25-14-3-1-4-15-25,26-16-5-2-6-17-26)34-27-18-8-7-13-24(27)23-29-28-19-9-11-21-31(28)37-32-22-12-10-20-30(32)36-35(37)33(29)34;39-38(26-14-3-1-4-15-26,27-16-5-2-6-17-27)33-21-11-20-32-34(33)36-35-30-23-25-13-8-7-12-24(25)22-29(30)28-18-9-10-19-31(28)37(32)35/h2*1-23H. The third-order valence-electron chi connectivity index (χ3n) is 15.6. The molecule has 16 aromatic rings. The Hall–Kier alpha value is -8.30. The summed E-state index contributed by atoms with van der Waals surface area (Å²) in [6.45, 7) is 0. The van der Waals surface area contributed by atoms with Crippen molar-refractivity contribution in [2.45, 2.75) is 0 Å². The Morgan fingerprint density at radius 1 is 0.333 bits per heavy atom. The van der Waals surface area contributed by atoms with Gasteiger partial charge in [0, 0.05) is 22.1 Å². The molecule has 0 aliphatic carbocycles. The second-order valence-electron chi connectivity index (χ2n) is 19.9. The third kappa shape index (κ3) is 7.19. The summed E-state index contributed by atoms with van der Waals surface area (Å²) >= 11 is 10.7. The number of hydrogen-bond acceptors (Lipinski definition) is 3. The van der Waals surface area contributed by atoms with E-state index in [1.165, 1.54) is 85.8 Å².